The van der Waals surface area contributed by atoms with Crippen molar-refractivity contribution in [2.75, 3.05) is 52.4 Å². The Labute approximate surface area is 193 Å². The summed E-state index contributed by atoms with van der Waals surface area (Å²) in [6.45, 7) is 2.70. The van der Waals surface area contributed by atoms with Crippen LogP contribution in [0.1, 0.15) is 5.56 Å². The number of carbonyl (C=O) groups is 1. The van der Waals surface area contributed by atoms with Gasteiger partial charge in [-0.25, -0.2) is 0 Å². The summed E-state index contributed by atoms with van der Waals surface area (Å²) in [5.41, 5.74) is 2.57. The number of anilines is 1. The maximum Gasteiger partial charge on any atom is 0.227 e. The third kappa shape index (κ3) is 5.00. The number of rotatable bonds is 7. The second kappa shape index (κ2) is 10.2. The summed E-state index contributed by atoms with van der Waals surface area (Å²) < 4.78 is 16.0. The van der Waals surface area contributed by atoms with E-state index in [9.17, 15) is 4.79 Å². The Morgan fingerprint density at radius 2 is 1.55 bits per heavy atom. The highest BCUT2D eigenvalue weighted by molar-refractivity contribution is 5.79. The molecule has 8 nitrogen and oxygen atoms in total. The molecule has 0 saturated carbocycles. The number of hydrogen-bond donors (Lipinski definition) is 0. The fraction of sp³-hybridized carbons (Fsp3) is 0.320. The van der Waals surface area contributed by atoms with Crippen LogP contribution in [0.25, 0.3) is 11.3 Å². The van der Waals surface area contributed by atoms with Crippen molar-refractivity contribution in [3.8, 4) is 28.5 Å². The van der Waals surface area contributed by atoms with E-state index >= 15 is 0 Å². The molecule has 1 amide bonds. The number of benzene rings is 2. The van der Waals surface area contributed by atoms with Crippen LogP contribution < -0.4 is 19.1 Å². The first-order valence-electron chi connectivity index (χ1n) is 10.8. The molecule has 0 aliphatic carbocycles. The molecule has 33 heavy (non-hydrogen) atoms. The molecule has 0 atom stereocenters. The number of nitrogens with zero attached hydrogens (tertiary/aromatic N) is 4. The topological polar surface area (TPSA) is 77.0 Å². The van der Waals surface area contributed by atoms with Gasteiger partial charge in [-0.15, -0.1) is 10.2 Å². The Hall–Kier alpha value is -3.81. The van der Waals surface area contributed by atoms with Gasteiger partial charge in [0.15, 0.2) is 17.3 Å². The smallest absolute Gasteiger partial charge is 0.227 e. The summed E-state index contributed by atoms with van der Waals surface area (Å²) in [5.74, 6) is 2.95. The van der Waals surface area contributed by atoms with Crippen LogP contribution in [0.3, 0.4) is 0 Å². The summed E-state index contributed by atoms with van der Waals surface area (Å²) in [4.78, 5) is 16.9. The number of hydrogen-bond acceptors (Lipinski definition) is 7. The molecule has 1 aliphatic heterocycles. The normalized spacial score (nSPS) is 13.5. The minimum absolute atomic E-state index is 0.0967. The van der Waals surface area contributed by atoms with E-state index < -0.39 is 0 Å². The lowest BCUT2D eigenvalue weighted by Crippen LogP contribution is -2.49. The molecule has 0 N–H and O–H groups in total. The Kier molecular flexibility index (Phi) is 6.92. The van der Waals surface area contributed by atoms with Crippen molar-refractivity contribution in [3.05, 3.63) is 60.2 Å². The highest BCUT2D eigenvalue weighted by Gasteiger charge is 2.23. The van der Waals surface area contributed by atoms with Crippen molar-refractivity contribution in [1.82, 2.24) is 15.1 Å². The molecule has 1 saturated heterocycles. The number of aromatic nitrogens is 2. The van der Waals surface area contributed by atoms with Crippen molar-refractivity contribution in [3.63, 3.8) is 0 Å². The van der Waals surface area contributed by atoms with E-state index in [2.05, 4.69) is 15.1 Å². The Bertz CT molecular complexity index is 1100. The van der Waals surface area contributed by atoms with E-state index in [1.54, 1.807) is 21.3 Å². The van der Waals surface area contributed by atoms with Crippen molar-refractivity contribution in [1.29, 1.82) is 0 Å². The average molecular weight is 449 g/mol. The van der Waals surface area contributed by atoms with E-state index in [0.29, 0.717) is 44.1 Å². The molecule has 1 aliphatic rings. The summed E-state index contributed by atoms with van der Waals surface area (Å²) in [6, 6.07) is 17.2. The molecule has 0 radical (unpaired) electrons. The molecule has 8 heteroatoms. The third-order valence-electron chi connectivity index (χ3n) is 5.79. The minimum Gasteiger partial charge on any atom is -0.496 e. The summed E-state index contributed by atoms with van der Waals surface area (Å²) >= 11 is 0. The molecule has 2 aromatic carbocycles. The second-order valence-electron chi connectivity index (χ2n) is 7.71. The predicted molar refractivity (Wildman–Crippen MR) is 126 cm³/mol. The molecule has 3 aromatic rings. The third-order valence-corrected chi connectivity index (χ3v) is 5.79. The van der Waals surface area contributed by atoms with E-state index in [-0.39, 0.29) is 5.91 Å². The Morgan fingerprint density at radius 1 is 0.818 bits per heavy atom. The van der Waals surface area contributed by atoms with Gasteiger partial charge in [-0.2, -0.15) is 0 Å². The van der Waals surface area contributed by atoms with Crippen LogP contribution in [0.2, 0.25) is 0 Å². The first-order chi connectivity index (χ1) is 16.1. The number of para-hydroxylation sites is 1. The molecule has 172 valence electrons. The van der Waals surface area contributed by atoms with Crippen LogP contribution in [0.15, 0.2) is 54.6 Å². The van der Waals surface area contributed by atoms with Crippen molar-refractivity contribution < 1.29 is 19.0 Å². The molecule has 2 heterocycles. The zero-order chi connectivity index (χ0) is 23.2. The monoisotopic (exact) mass is 448 g/mol. The van der Waals surface area contributed by atoms with Gasteiger partial charge < -0.3 is 24.0 Å². The van der Waals surface area contributed by atoms with E-state index in [1.807, 2.05) is 59.5 Å². The standard InChI is InChI=1S/C25H28N4O4/c1-31-21-7-5-4-6-19(21)20-9-11-24(27-26-20)28-12-14-29(15-13-28)25(30)17-18-8-10-22(32-2)23(16-18)33-3/h4-11,16H,12-15,17H2,1-3H3. The van der Waals surface area contributed by atoms with Crippen molar-refractivity contribution in [2.45, 2.75) is 6.42 Å². The number of methoxy groups -OCH3 is 3. The lowest BCUT2D eigenvalue weighted by Gasteiger charge is -2.35. The Balaban J connectivity index is 1.35. The predicted octanol–water partition coefficient (Wildman–Crippen LogP) is 3.06. The van der Waals surface area contributed by atoms with Crippen LogP contribution in [-0.4, -0.2) is 68.5 Å². The highest BCUT2D eigenvalue weighted by atomic mass is 16.5. The van der Waals surface area contributed by atoms with Gasteiger partial charge in [-0.3, -0.25) is 4.79 Å². The summed E-state index contributed by atoms with van der Waals surface area (Å²) in [5, 5.41) is 8.82. The van der Waals surface area contributed by atoms with Crippen LogP contribution in [0.4, 0.5) is 5.82 Å². The second-order valence-corrected chi connectivity index (χ2v) is 7.71. The number of ether oxygens (including phenoxy) is 3. The number of carbonyl (C=O) groups excluding carboxylic acids is 1. The fourth-order valence-corrected chi connectivity index (χ4v) is 3.96. The maximum absolute atomic E-state index is 12.8. The molecule has 1 aromatic heterocycles. The van der Waals surface area contributed by atoms with Crippen molar-refractivity contribution in [2.24, 2.45) is 0 Å². The van der Waals surface area contributed by atoms with Gasteiger partial charge >= 0.3 is 0 Å². The Morgan fingerprint density at radius 3 is 2.21 bits per heavy atom. The van der Waals surface area contributed by atoms with Gasteiger partial charge in [-0.05, 0) is 42.0 Å². The zero-order valence-corrected chi connectivity index (χ0v) is 19.2. The first-order valence-corrected chi connectivity index (χ1v) is 10.8. The quantitative estimate of drug-likeness (QED) is 0.550. The average Bonchev–Trinajstić information content (AvgIpc) is 2.88. The zero-order valence-electron chi connectivity index (χ0n) is 19.2. The molecule has 0 spiro atoms. The van der Waals surface area contributed by atoms with Gasteiger partial charge in [0.05, 0.1) is 33.4 Å². The maximum atomic E-state index is 12.8. The SMILES string of the molecule is COc1ccc(CC(=O)N2CCN(c3ccc(-c4ccccc4OC)nn3)CC2)cc1OC. The summed E-state index contributed by atoms with van der Waals surface area (Å²) in [6.07, 6.45) is 0.327. The highest BCUT2D eigenvalue weighted by Crippen LogP contribution is 2.29. The molecule has 0 bridgehead atoms. The van der Waals surface area contributed by atoms with Gasteiger partial charge in [-0.1, -0.05) is 18.2 Å². The minimum atomic E-state index is 0.0967. The van der Waals surface area contributed by atoms with Crippen LogP contribution in [0.5, 0.6) is 17.2 Å². The molecule has 1 fully saturated rings. The number of piperazine rings is 1. The number of amides is 1. The van der Waals surface area contributed by atoms with E-state index in [0.717, 1.165) is 28.4 Å². The summed E-state index contributed by atoms with van der Waals surface area (Å²) in [7, 11) is 4.83. The lowest BCUT2D eigenvalue weighted by atomic mass is 10.1. The molecular weight excluding hydrogens is 420 g/mol. The van der Waals surface area contributed by atoms with E-state index in [4.69, 9.17) is 14.2 Å². The van der Waals surface area contributed by atoms with Gasteiger partial charge in [0, 0.05) is 31.7 Å². The molecule has 0 unspecified atom stereocenters. The van der Waals surface area contributed by atoms with Gasteiger partial charge in [0.1, 0.15) is 5.75 Å². The van der Waals surface area contributed by atoms with Gasteiger partial charge in [0.25, 0.3) is 0 Å². The van der Waals surface area contributed by atoms with Crippen LogP contribution in [-0.2, 0) is 11.2 Å². The van der Waals surface area contributed by atoms with Gasteiger partial charge in [0.2, 0.25) is 5.91 Å². The van der Waals surface area contributed by atoms with Crippen LogP contribution >= 0.6 is 0 Å². The molecule has 4 rings (SSSR count). The fourth-order valence-electron chi connectivity index (χ4n) is 3.96. The van der Waals surface area contributed by atoms with Crippen LogP contribution in [0, 0.1) is 0 Å². The largest absolute Gasteiger partial charge is 0.496 e. The first kappa shape index (κ1) is 22.4. The lowest BCUT2D eigenvalue weighted by molar-refractivity contribution is -0.130. The molecular formula is C25H28N4O4. The van der Waals surface area contributed by atoms with Crippen molar-refractivity contribution >= 4 is 11.7 Å². The van der Waals surface area contributed by atoms with E-state index in [1.165, 1.54) is 0 Å².